The second-order valence-corrected chi connectivity index (χ2v) is 6.06. The molecule has 70 valence electrons. The molecule has 0 aromatic carbocycles. The monoisotopic (exact) mass is 282 g/mol. The van der Waals surface area contributed by atoms with E-state index >= 15 is 0 Å². The Morgan fingerprint density at radius 2 is 1.75 bits per heavy atom. The molecule has 0 bridgehead atoms. The summed E-state index contributed by atoms with van der Waals surface area (Å²) in [6, 6.07) is 0. The van der Waals surface area contributed by atoms with E-state index in [4.69, 9.17) is 4.74 Å². The van der Waals surface area contributed by atoms with Gasteiger partial charge in [-0.1, -0.05) is 0 Å². The lowest BCUT2D eigenvalue weighted by atomic mass is 9.81. The van der Waals surface area contributed by atoms with E-state index in [1.54, 1.807) is 0 Å². The summed E-state index contributed by atoms with van der Waals surface area (Å²) in [6.45, 7) is 0.930. The molecule has 1 N–H and O–H groups in total. The van der Waals surface area contributed by atoms with Crippen molar-refractivity contribution in [3.05, 3.63) is 0 Å². The Morgan fingerprint density at radius 3 is 2.25 bits per heavy atom. The van der Waals surface area contributed by atoms with Crippen molar-refractivity contribution < 1.29 is 9.84 Å². The molecule has 0 atom stereocenters. The molecule has 12 heavy (non-hydrogen) atoms. The van der Waals surface area contributed by atoms with Crippen LogP contribution < -0.4 is 0 Å². The molecule has 0 unspecified atom stereocenters. The molecule has 1 aliphatic heterocycles. The molecule has 1 saturated heterocycles. The van der Waals surface area contributed by atoms with Crippen molar-refractivity contribution >= 4 is 22.6 Å². The number of rotatable bonds is 0. The molecular weight excluding hydrogens is 267 g/mol. The van der Waals surface area contributed by atoms with Gasteiger partial charge in [0.15, 0.2) is 0 Å². The molecular formula is C9H15IO2. The molecule has 2 fully saturated rings. The van der Waals surface area contributed by atoms with Gasteiger partial charge in [-0.25, -0.2) is 0 Å². The molecule has 1 saturated carbocycles. The quantitative estimate of drug-likeness (QED) is 0.545. The van der Waals surface area contributed by atoms with E-state index in [-0.39, 0.29) is 5.60 Å². The van der Waals surface area contributed by atoms with E-state index < -0.39 is 3.61 Å². The molecule has 1 heterocycles. The first kappa shape index (κ1) is 9.21. The minimum atomic E-state index is -0.449. The minimum absolute atomic E-state index is 0.164. The van der Waals surface area contributed by atoms with Crippen molar-refractivity contribution in [2.24, 2.45) is 0 Å². The van der Waals surface area contributed by atoms with Crippen molar-refractivity contribution in [2.45, 2.75) is 47.7 Å². The standard InChI is InChI=1S/C9H15IO2/c10-9(11)5-3-8(4-6-9)2-1-7-12-8/h11H,1-7H2. The van der Waals surface area contributed by atoms with E-state index in [0.717, 1.165) is 32.3 Å². The molecule has 2 aliphatic rings. The zero-order valence-corrected chi connectivity index (χ0v) is 9.34. The van der Waals surface area contributed by atoms with Crippen LogP contribution in [0, 0.1) is 0 Å². The average molecular weight is 282 g/mol. The third kappa shape index (κ3) is 1.77. The van der Waals surface area contributed by atoms with Crippen molar-refractivity contribution in [2.75, 3.05) is 6.61 Å². The van der Waals surface area contributed by atoms with Gasteiger partial charge < -0.3 is 9.84 Å². The van der Waals surface area contributed by atoms with Crippen molar-refractivity contribution in [1.82, 2.24) is 0 Å². The Kier molecular flexibility index (Phi) is 2.38. The molecule has 1 spiro atoms. The predicted molar refractivity (Wildman–Crippen MR) is 55.4 cm³/mol. The van der Waals surface area contributed by atoms with Crippen LogP contribution in [0.4, 0.5) is 0 Å². The fraction of sp³-hybridized carbons (Fsp3) is 1.00. The second-order valence-electron chi connectivity index (χ2n) is 4.05. The molecule has 1 aliphatic carbocycles. The topological polar surface area (TPSA) is 29.5 Å². The summed E-state index contributed by atoms with van der Waals surface area (Å²) < 4.78 is 5.31. The lowest BCUT2D eigenvalue weighted by Crippen LogP contribution is -2.38. The van der Waals surface area contributed by atoms with Gasteiger partial charge in [-0.15, -0.1) is 0 Å². The normalized spacial score (nSPS) is 48.5. The fourth-order valence-electron chi connectivity index (χ4n) is 2.24. The third-order valence-electron chi connectivity index (χ3n) is 3.11. The SMILES string of the molecule is OC1(I)CCC2(CCCO2)CC1. The first-order valence-electron chi connectivity index (χ1n) is 4.67. The smallest absolute Gasteiger partial charge is 0.116 e. The van der Waals surface area contributed by atoms with Crippen LogP contribution in [0.3, 0.4) is 0 Å². The van der Waals surface area contributed by atoms with Crippen LogP contribution in [0.5, 0.6) is 0 Å². The highest BCUT2D eigenvalue weighted by Gasteiger charge is 2.42. The summed E-state index contributed by atoms with van der Waals surface area (Å²) in [7, 11) is 0. The zero-order valence-electron chi connectivity index (χ0n) is 7.18. The lowest BCUT2D eigenvalue weighted by molar-refractivity contribution is -0.0550. The Bertz CT molecular complexity index is 161. The van der Waals surface area contributed by atoms with Crippen molar-refractivity contribution in [3.8, 4) is 0 Å². The maximum absolute atomic E-state index is 9.75. The van der Waals surface area contributed by atoms with Crippen LogP contribution in [-0.4, -0.2) is 20.9 Å². The van der Waals surface area contributed by atoms with Gasteiger partial charge in [-0.2, -0.15) is 0 Å². The van der Waals surface area contributed by atoms with Gasteiger partial charge in [0, 0.05) is 6.61 Å². The number of ether oxygens (including phenoxy) is 1. The predicted octanol–water partition coefficient (Wildman–Crippen LogP) is 2.23. The van der Waals surface area contributed by atoms with Crippen LogP contribution in [0.2, 0.25) is 0 Å². The Morgan fingerprint density at radius 1 is 1.08 bits per heavy atom. The van der Waals surface area contributed by atoms with Gasteiger partial charge in [-0.05, 0) is 61.1 Å². The average Bonchev–Trinajstić information content (AvgIpc) is 2.46. The van der Waals surface area contributed by atoms with Gasteiger partial charge in [0.2, 0.25) is 0 Å². The van der Waals surface area contributed by atoms with Crippen molar-refractivity contribution in [3.63, 3.8) is 0 Å². The van der Waals surface area contributed by atoms with Gasteiger partial charge in [0.25, 0.3) is 0 Å². The minimum Gasteiger partial charge on any atom is -0.380 e. The summed E-state index contributed by atoms with van der Waals surface area (Å²) in [5, 5.41) is 9.75. The van der Waals surface area contributed by atoms with E-state index in [0.29, 0.717) is 0 Å². The van der Waals surface area contributed by atoms with E-state index in [1.165, 1.54) is 12.8 Å². The van der Waals surface area contributed by atoms with Crippen LogP contribution >= 0.6 is 22.6 Å². The van der Waals surface area contributed by atoms with E-state index in [9.17, 15) is 5.11 Å². The maximum Gasteiger partial charge on any atom is 0.116 e. The molecule has 0 amide bonds. The van der Waals surface area contributed by atoms with Gasteiger partial charge in [0.05, 0.1) is 5.60 Å². The fourth-order valence-corrected chi connectivity index (χ4v) is 2.78. The summed E-state index contributed by atoms with van der Waals surface area (Å²) in [5.74, 6) is 0. The highest BCUT2D eigenvalue weighted by molar-refractivity contribution is 14.1. The highest BCUT2D eigenvalue weighted by Crippen LogP contribution is 2.45. The third-order valence-corrected chi connectivity index (χ3v) is 4.19. The van der Waals surface area contributed by atoms with Crippen LogP contribution in [0.1, 0.15) is 38.5 Å². The Balaban J connectivity index is 1.97. The maximum atomic E-state index is 9.75. The number of alkyl halides is 1. The molecule has 0 radical (unpaired) electrons. The zero-order chi connectivity index (χ0) is 8.66. The van der Waals surface area contributed by atoms with Crippen molar-refractivity contribution in [1.29, 1.82) is 0 Å². The molecule has 3 heteroatoms. The van der Waals surface area contributed by atoms with Crippen LogP contribution in [-0.2, 0) is 4.74 Å². The van der Waals surface area contributed by atoms with Gasteiger partial charge in [0.1, 0.15) is 3.61 Å². The largest absolute Gasteiger partial charge is 0.380 e. The highest BCUT2D eigenvalue weighted by atomic mass is 127. The first-order valence-corrected chi connectivity index (χ1v) is 5.75. The Labute approximate surface area is 86.8 Å². The molecule has 0 aromatic heterocycles. The van der Waals surface area contributed by atoms with Crippen LogP contribution in [0.25, 0.3) is 0 Å². The van der Waals surface area contributed by atoms with E-state index in [1.807, 2.05) is 0 Å². The van der Waals surface area contributed by atoms with Gasteiger partial charge in [-0.3, -0.25) is 0 Å². The Hall–Kier alpha value is 0.650. The summed E-state index contributed by atoms with van der Waals surface area (Å²) in [6.07, 6.45) is 6.30. The summed E-state index contributed by atoms with van der Waals surface area (Å²) in [4.78, 5) is 0. The van der Waals surface area contributed by atoms with Gasteiger partial charge >= 0.3 is 0 Å². The van der Waals surface area contributed by atoms with E-state index in [2.05, 4.69) is 22.6 Å². The summed E-state index contributed by atoms with van der Waals surface area (Å²) in [5.41, 5.74) is 0.164. The molecule has 2 nitrogen and oxygen atoms in total. The summed E-state index contributed by atoms with van der Waals surface area (Å²) >= 11 is 2.16. The first-order chi connectivity index (χ1) is 5.62. The lowest BCUT2D eigenvalue weighted by Gasteiger charge is -2.38. The number of hydrogen-bond donors (Lipinski definition) is 1. The molecule has 2 rings (SSSR count). The van der Waals surface area contributed by atoms with Crippen LogP contribution in [0.15, 0.2) is 0 Å². The number of aliphatic hydroxyl groups is 1. The molecule has 0 aromatic rings. The number of hydrogen-bond acceptors (Lipinski definition) is 2. The second kappa shape index (κ2) is 3.10. The number of halogens is 1.